The summed E-state index contributed by atoms with van der Waals surface area (Å²) in [6, 6.07) is 15.7. The number of fused-ring (bicyclic) bond motifs is 3. The Morgan fingerprint density at radius 1 is 1.08 bits per heavy atom. The van der Waals surface area contributed by atoms with Crippen molar-refractivity contribution < 1.29 is 19.4 Å². The summed E-state index contributed by atoms with van der Waals surface area (Å²) in [5, 5.41) is 13.5. The Morgan fingerprint density at radius 2 is 1.69 bits per heavy atom. The number of aromatic nitrogens is 1. The molecule has 0 unspecified atom stereocenters. The number of nitrogens with one attached hydrogen (secondary N) is 1. The molecule has 0 spiro atoms. The molecular formula is C19H14N2O4S. The highest BCUT2D eigenvalue weighted by molar-refractivity contribution is 7.09. The Bertz CT molecular complexity index is 953. The number of carbonyl (C=O) groups excluding carboxylic acids is 1. The van der Waals surface area contributed by atoms with Crippen LogP contribution in [0.2, 0.25) is 0 Å². The third-order valence-corrected chi connectivity index (χ3v) is 5.01. The lowest BCUT2D eigenvalue weighted by molar-refractivity contribution is 0.0691. The lowest BCUT2D eigenvalue weighted by Gasteiger charge is -2.15. The first-order valence-corrected chi connectivity index (χ1v) is 8.82. The Hall–Kier alpha value is -3.19. The van der Waals surface area contributed by atoms with Crippen LogP contribution in [0.5, 0.6) is 0 Å². The van der Waals surface area contributed by atoms with Gasteiger partial charge in [-0.15, -0.1) is 11.3 Å². The SMILES string of the molecule is O=C(NCc1nc(C(=O)O)cs1)OC1c2ccccc2-c2ccccc21. The molecule has 0 saturated carbocycles. The molecule has 0 atom stereocenters. The van der Waals surface area contributed by atoms with Gasteiger partial charge in [0.1, 0.15) is 5.01 Å². The van der Waals surface area contributed by atoms with E-state index >= 15 is 0 Å². The molecule has 130 valence electrons. The van der Waals surface area contributed by atoms with Crippen LogP contribution in [0.15, 0.2) is 53.9 Å². The lowest BCUT2D eigenvalue weighted by atomic mass is 10.1. The monoisotopic (exact) mass is 366 g/mol. The van der Waals surface area contributed by atoms with Crippen LogP contribution < -0.4 is 5.32 Å². The molecule has 1 aliphatic carbocycles. The number of rotatable bonds is 4. The first-order chi connectivity index (χ1) is 12.6. The standard InChI is InChI=1S/C19H14N2O4S/c22-18(23)15-10-26-16(21-15)9-20-19(24)25-17-13-7-3-1-5-11(13)12-6-2-4-8-14(12)17/h1-8,10,17H,9H2,(H,20,24)(H,22,23). The number of benzene rings is 2. The van der Waals surface area contributed by atoms with Gasteiger partial charge in [-0.3, -0.25) is 0 Å². The van der Waals surface area contributed by atoms with Gasteiger partial charge < -0.3 is 15.2 Å². The summed E-state index contributed by atoms with van der Waals surface area (Å²) in [6.45, 7) is 0.118. The zero-order valence-electron chi connectivity index (χ0n) is 13.5. The second-order valence-corrected chi connectivity index (χ2v) is 6.69. The molecule has 4 rings (SSSR count). The van der Waals surface area contributed by atoms with Crippen molar-refractivity contribution in [2.45, 2.75) is 12.6 Å². The number of alkyl carbamates (subject to hydrolysis) is 1. The fourth-order valence-electron chi connectivity index (χ4n) is 3.02. The maximum Gasteiger partial charge on any atom is 0.408 e. The minimum absolute atomic E-state index is 0.0289. The second kappa shape index (κ2) is 6.61. The smallest absolute Gasteiger partial charge is 0.408 e. The molecule has 1 amide bonds. The van der Waals surface area contributed by atoms with Crippen molar-refractivity contribution in [1.82, 2.24) is 10.3 Å². The number of hydrogen-bond donors (Lipinski definition) is 2. The predicted octanol–water partition coefficient (Wildman–Crippen LogP) is 3.84. The minimum atomic E-state index is -1.09. The van der Waals surface area contributed by atoms with Crippen molar-refractivity contribution >= 4 is 23.4 Å². The largest absolute Gasteiger partial charge is 0.476 e. The van der Waals surface area contributed by atoms with Crippen LogP contribution in [0.25, 0.3) is 11.1 Å². The Morgan fingerprint density at radius 3 is 2.27 bits per heavy atom. The average molecular weight is 366 g/mol. The van der Waals surface area contributed by atoms with Gasteiger partial charge in [-0.25, -0.2) is 14.6 Å². The number of amides is 1. The molecule has 1 heterocycles. The van der Waals surface area contributed by atoms with Gasteiger partial charge in [0.05, 0.1) is 6.54 Å². The molecule has 2 aromatic carbocycles. The molecule has 7 heteroatoms. The van der Waals surface area contributed by atoms with Crippen molar-refractivity contribution in [2.75, 3.05) is 0 Å². The molecule has 0 fully saturated rings. The Kier molecular flexibility index (Phi) is 4.14. The molecule has 1 aliphatic rings. The fraction of sp³-hybridized carbons (Fsp3) is 0.105. The molecule has 2 N–H and O–H groups in total. The molecule has 0 saturated heterocycles. The molecule has 6 nitrogen and oxygen atoms in total. The van der Waals surface area contributed by atoms with E-state index < -0.39 is 18.2 Å². The van der Waals surface area contributed by atoms with Gasteiger partial charge in [0.25, 0.3) is 0 Å². The van der Waals surface area contributed by atoms with Crippen molar-refractivity contribution in [1.29, 1.82) is 0 Å². The van der Waals surface area contributed by atoms with Crippen molar-refractivity contribution in [3.63, 3.8) is 0 Å². The average Bonchev–Trinajstić information content (AvgIpc) is 3.25. The van der Waals surface area contributed by atoms with Gasteiger partial charge in [0.2, 0.25) is 0 Å². The third kappa shape index (κ3) is 2.93. The third-order valence-electron chi connectivity index (χ3n) is 4.16. The van der Waals surface area contributed by atoms with Crippen LogP contribution in [0.3, 0.4) is 0 Å². The van der Waals surface area contributed by atoms with E-state index in [1.807, 2.05) is 48.5 Å². The van der Waals surface area contributed by atoms with Crippen LogP contribution in [-0.2, 0) is 11.3 Å². The first kappa shape index (κ1) is 16.3. The number of carboxylic acids is 1. The molecule has 0 aliphatic heterocycles. The van der Waals surface area contributed by atoms with Gasteiger partial charge in [-0.1, -0.05) is 48.5 Å². The highest BCUT2D eigenvalue weighted by Crippen LogP contribution is 2.44. The van der Waals surface area contributed by atoms with Crippen LogP contribution in [-0.4, -0.2) is 22.2 Å². The van der Waals surface area contributed by atoms with E-state index in [1.165, 1.54) is 16.7 Å². The van der Waals surface area contributed by atoms with Gasteiger partial charge in [0.15, 0.2) is 11.8 Å². The van der Waals surface area contributed by atoms with Crippen molar-refractivity contribution in [3.05, 3.63) is 75.7 Å². The maximum absolute atomic E-state index is 12.3. The van der Waals surface area contributed by atoms with E-state index in [0.717, 1.165) is 22.3 Å². The van der Waals surface area contributed by atoms with Gasteiger partial charge in [0, 0.05) is 16.5 Å². The Balaban J connectivity index is 1.48. The predicted molar refractivity (Wildman–Crippen MR) is 96.1 cm³/mol. The molecule has 0 radical (unpaired) electrons. The number of aromatic carboxylic acids is 1. The van der Waals surface area contributed by atoms with Gasteiger partial charge >= 0.3 is 12.1 Å². The van der Waals surface area contributed by atoms with Crippen LogP contribution in [0, 0.1) is 0 Å². The number of ether oxygens (including phenoxy) is 1. The summed E-state index contributed by atoms with van der Waals surface area (Å²) >= 11 is 1.18. The summed E-state index contributed by atoms with van der Waals surface area (Å²) in [4.78, 5) is 27.0. The molecule has 3 aromatic rings. The summed E-state index contributed by atoms with van der Waals surface area (Å²) in [7, 11) is 0. The molecular weight excluding hydrogens is 352 g/mol. The number of carbonyl (C=O) groups is 2. The quantitative estimate of drug-likeness (QED) is 0.732. The molecule has 0 bridgehead atoms. The van der Waals surface area contributed by atoms with E-state index in [9.17, 15) is 9.59 Å². The summed E-state index contributed by atoms with van der Waals surface area (Å²) in [5.41, 5.74) is 4.00. The number of hydrogen-bond acceptors (Lipinski definition) is 5. The summed E-state index contributed by atoms with van der Waals surface area (Å²) < 4.78 is 5.65. The lowest BCUT2D eigenvalue weighted by Crippen LogP contribution is -2.25. The second-order valence-electron chi connectivity index (χ2n) is 5.75. The van der Waals surface area contributed by atoms with E-state index in [4.69, 9.17) is 9.84 Å². The fourth-order valence-corrected chi connectivity index (χ4v) is 3.73. The normalized spacial score (nSPS) is 12.3. The van der Waals surface area contributed by atoms with Gasteiger partial charge in [-0.2, -0.15) is 0 Å². The molecule has 26 heavy (non-hydrogen) atoms. The van der Waals surface area contributed by atoms with E-state index in [2.05, 4.69) is 10.3 Å². The van der Waals surface area contributed by atoms with Crippen LogP contribution in [0.4, 0.5) is 4.79 Å². The van der Waals surface area contributed by atoms with E-state index in [-0.39, 0.29) is 12.2 Å². The van der Waals surface area contributed by atoms with Crippen LogP contribution in [0.1, 0.15) is 32.7 Å². The summed E-state index contributed by atoms with van der Waals surface area (Å²) in [5.74, 6) is -1.09. The Labute approximate surface area is 153 Å². The van der Waals surface area contributed by atoms with E-state index in [1.54, 1.807) is 0 Å². The maximum atomic E-state index is 12.3. The molecule has 1 aromatic heterocycles. The van der Waals surface area contributed by atoms with Crippen LogP contribution >= 0.6 is 11.3 Å². The van der Waals surface area contributed by atoms with Crippen molar-refractivity contribution in [3.8, 4) is 11.1 Å². The first-order valence-electron chi connectivity index (χ1n) is 7.94. The number of nitrogens with zero attached hydrogens (tertiary/aromatic N) is 1. The summed E-state index contributed by atoms with van der Waals surface area (Å²) in [6.07, 6.45) is -1.04. The number of carboxylic acid groups (broad SMARTS) is 1. The number of thiazole rings is 1. The highest BCUT2D eigenvalue weighted by atomic mass is 32.1. The minimum Gasteiger partial charge on any atom is -0.476 e. The van der Waals surface area contributed by atoms with Crippen molar-refractivity contribution in [2.24, 2.45) is 0 Å². The topological polar surface area (TPSA) is 88.5 Å². The zero-order valence-corrected chi connectivity index (χ0v) is 14.3. The highest BCUT2D eigenvalue weighted by Gasteiger charge is 2.30. The zero-order chi connectivity index (χ0) is 18.1. The van der Waals surface area contributed by atoms with E-state index in [0.29, 0.717) is 5.01 Å². The van der Waals surface area contributed by atoms with Gasteiger partial charge in [-0.05, 0) is 11.1 Å².